The molecule has 1 aromatic carbocycles. The second kappa shape index (κ2) is 8.24. The fraction of sp³-hybridized carbons (Fsp3) is 0.320. The Balaban J connectivity index is 1.34. The van der Waals surface area contributed by atoms with Crippen molar-refractivity contribution in [1.29, 1.82) is 0 Å². The Kier molecular flexibility index (Phi) is 4.96. The first-order valence-electron chi connectivity index (χ1n) is 11.4. The van der Waals surface area contributed by atoms with E-state index in [0.29, 0.717) is 5.88 Å². The van der Waals surface area contributed by atoms with Gasteiger partial charge in [-0.15, -0.1) is 0 Å². The lowest BCUT2D eigenvalue weighted by atomic mass is 9.99. The molecule has 7 heteroatoms. The van der Waals surface area contributed by atoms with Crippen molar-refractivity contribution in [2.75, 3.05) is 25.0 Å². The molecular weight excluding hydrogens is 400 g/mol. The molecule has 2 aliphatic heterocycles. The highest BCUT2D eigenvalue weighted by Gasteiger charge is 2.17. The zero-order valence-corrected chi connectivity index (χ0v) is 17.9. The molecule has 1 atom stereocenters. The van der Waals surface area contributed by atoms with Crippen LogP contribution in [0, 0.1) is 0 Å². The highest BCUT2D eigenvalue weighted by atomic mass is 16.5. The van der Waals surface area contributed by atoms with E-state index >= 15 is 0 Å². The van der Waals surface area contributed by atoms with Gasteiger partial charge in [0.25, 0.3) is 0 Å². The second-order valence-corrected chi connectivity index (χ2v) is 8.55. The summed E-state index contributed by atoms with van der Waals surface area (Å²) in [6.45, 7) is 2.91. The van der Waals surface area contributed by atoms with Crippen LogP contribution in [0.1, 0.15) is 24.8 Å². The number of benzene rings is 1. The summed E-state index contributed by atoms with van der Waals surface area (Å²) in [6, 6.07) is 8.73. The average Bonchev–Trinajstić information content (AvgIpc) is 3.28. The van der Waals surface area contributed by atoms with Crippen LogP contribution in [0.15, 0.2) is 49.1 Å². The SMILES string of the molecule is c1cc2[nH]cc(-c3cncc(OC4CCCNC4)n3)c2cc1-c1cnc2c(c1)CCCN2. The third-order valence-corrected chi connectivity index (χ3v) is 6.32. The average molecular weight is 427 g/mol. The van der Waals surface area contributed by atoms with E-state index in [4.69, 9.17) is 9.72 Å². The van der Waals surface area contributed by atoms with Gasteiger partial charge in [-0.05, 0) is 61.6 Å². The molecule has 0 saturated carbocycles. The van der Waals surface area contributed by atoms with Gasteiger partial charge in [-0.1, -0.05) is 6.07 Å². The number of hydrogen-bond acceptors (Lipinski definition) is 6. The van der Waals surface area contributed by atoms with Crippen molar-refractivity contribution in [3.63, 3.8) is 0 Å². The Morgan fingerprint density at radius 1 is 1.00 bits per heavy atom. The Morgan fingerprint density at radius 2 is 2.00 bits per heavy atom. The molecule has 7 nitrogen and oxygen atoms in total. The van der Waals surface area contributed by atoms with Gasteiger partial charge in [0.1, 0.15) is 11.9 Å². The second-order valence-electron chi connectivity index (χ2n) is 8.55. The van der Waals surface area contributed by atoms with Crippen LogP contribution < -0.4 is 15.4 Å². The van der Waals surface area contributed by atoms with Crippen LogP contribution >= 0.6 is 0 Å². The van der Waals surface area contributed by atoms with Crippen LogP contribution in [0.4, 0.5) is 5.82 Å². The van der Waals surface area contributed by atoms with Gasteiger partial charge in [-0.2, -0.15) is 0 Å². The third-order valence-electron chi connectivity index (χ3n) is 6.32. The standard InChI is InChI=1S/C25H26N6O/c1-3-17-9-18(11-30-25(17)28-8-1)16-5-6-22-20(10-16)21(13-29-22)23-14-27-15-24(31-23)32-19-4-2-7-26-12-19/h5-6,9-11,13-15,19,26,29H,1-4,7-8,12H2,(H,28,30). The van der Waals surface area contributed by atoms with Crippen LogP contribution in [0.3, 0.4) is 0 Å². The minimum absolute atomic E-state index is 0.147. The number of fused-ring (bicyclic) bond motifs is 2. The Morgan fingerprint density at radius 3 is 2.94 bits per heavy atom. The van der Waals surface area contributed by atoms with E-state index in [1.807, 2.05) is 12.4 Å². The smallest absolute Gasteiger partial charge is 0.233 e. The van der Waals surface area contributed by atoms with Gasteiger partial charge >= 0.3 is 0 Å². The highest BCUT2D eigenvalue weighted by Crippen LogP contribution is 2.33. The van der Waals surface area contributed by atoms with Crippen LogP contribution in [0.2, 0.25) is 0 Å². The zero-order valence-electron chi connectivity index (χ0n) is 17.9. The summed E-state index contributed by atoms with van der Waals surface area (Å²) in [5.74, 6) is 1.59. The van der Waals surface area contributed by atoms with Crippen molar-refractivity contribution < 1.29 is 4.74 Å². The number of rotatable bonds is 4. The number of hydrogen-bond donors (Lipinski definition) is 3. The predicted octanol–water partition coefficient (Wildman–Crippen LogP) is 4.18. The molecule has 1 fully saturated rings. The van der Waals surface area contributed by atoms with E-state index in [1.54, 1.807) is 12.4 Å². The van der Waals surface area contributed by atoms with Gasteiger partial charge in [0.15, 0.2) is 0 Å². The number of aryl methyl sites for hydroxylation is 1. The summed E-state index contributed by atoms with van der Waals surface area (Å²) < 4.78 is 6.09. The summed E-state index contributed by atoms with van der Waals surface area (Å²) in [4.78, 5) is 17.2. The molecule has 3 N–H and O–H groups in total. The third kappa shape index (κ3) is 3.69. The van der Waals surface area contributed by atoms with Gasteiger partial charge < -0.3 is 20.4 Å². The zero-order chi connectivity index (χ0) is 21.3. The molecule has 162 valence electrons. The number of anilines is 1. The summed E-state index contributed by atoms with van der Waals surface area (Å²) in [6.07, 6.45) is 12.0. The lowest BCUT2D eigenvalue weighted by Crippen LogP contribution is -2.37. The minimum Gasteiger partial charge on any atom is -0.472 e. The van der Waals surface area contributed by atoms with Crippen molar-refractivity contribution >= 4 is 16.7 Å². The molecule has 1 saturated heterocycles. The normalized spacial score (nSPS) is 18.2. The van der Waals surface area contributed by atoms with Crippen molar-refractivity contribution in [2.45, 2.75) is 31.8 Å². The molecular formula is C25H26N6O. The highest BCUT2D eigenvalue weighted by molar-refractivity contribution is 5.97. The van der Waals surface area contributed by atoms with Crippen LogP contribution in [-0.2, 0) is 6.42 Å². The molecule has 0 spiro atoms. The molecule has 2 aliphatic rings. The van der Waals surface area contributed by atoms with E-state index in [-0.39, 0.29) is 6.10 Å². The summed E-state index contributed by atoms with van der Waals surface area (Å²) in [5.41, 5.74) is 6.47. The van der Waals surface area contributed by atoms with Gasteiger partial charge in [-0.25, -0.2) is 9.97 Å². The summed E-state index contributed by atoms with van der Waals surface area (Å²) >= 11 is 0. The van der Waals surface area contributed by atoms with Gasteiger partial charge in [0.05, 0.1) is 18.1 Å². The van der Waals surface area contributed by atoms with Crippen molar-refractivity contribution in [1.82, 2.24) is 25.3 Å². The van der Waals surface area contributed by atoms with Crippen LogP contribution in [-0.4, -0.2) is 45.7 Å². The fourth-order valence-electron chi connectivity index (χ4n) is 4.64. The molecule has 6 rings (SSSR count). The first-order valence-corrected chi connectivity index (χ1v) is 11.4. The lowest BCUT2D eigenvalue weighted by Gasteiger charge is -2.23. The predicted molar refractivity (Wildman–Crippen MR) is 126 cm³/mol. The number of aromatic amines is 1. The summed E-state index contributed by atoms with van der Waals surface area (Å²) in [5, 5.41) is 7.87. The minimum atomic E-state index is 0.147. The van der Waals surface area contributed by atoms with E-state index in [2.05, 4.69) is 49.9 Å². The number of H-pyrrole nitrogens is 1. The van der Waals surface area contributed by atoms with Crippen molar-refractivity contribution in [3.8, 4) is 28.3 Å². The molecule has 3 aromatic heterocycles. The molecule has 0 aliphatic carbocycles. The first kappa shape index (κ1) is 19.3. The molecule has 0 radical (unpaired) electrons. The number of nitrogens with zero attached hydrogens (tertiary/aromatic N) is 3. The van der Waals surface area contributed by atoms with Gasteiger partial charge in [0, 0.05) is 47.5 Å². The Bertz CT molecular complexity index is 1260. The number of pyridine rings is 1. The Labute approximate surface area is 186 Å². The fourth-order valence-corrected chi connectivity index (χ4v) is 4.64. The molecule has 0 bridgehead atoms. The van der Waals surface area contributed by atoms with Gasteiger partial charge in [0.2, 0.25) is 5.88 Å². The number of nitrogens with one attached hydrogen (secondary N) is 3. The summed E-state index contributed by atoms with van der Waals surface area (Å²) in [7, 11) is 0. The monoisotopic (exact) mass is 426 g/mol. The molecule has 5 heterocycles. The first-order chi connectivity index (χ1) is 15.8. The molecule has 0 amide bonds. The maximum absolute atomic E-state index is 6.09. The lowest BCUT2D eigenvalue weighted by molar-refractivity contribution is 0.160. The maximum Gasteiger partial charge on any atom is 0.233 e. The molecule has 4 aromatic rings. The maximum atomic E-state index is 6.09. The van der Waals surface area contributed by atoms with Crippen molar-refractivity contribution in [3.05, 3.63) is 54.6 Å². The topological polar surface area (TPSA) is 87.8 Å². The largest absolute Gasteiger partial charge is 0.472 e. The quantitative estimate of drug-likeness (QED) is 0.454. The van der Waals surface area contributed by atoms with E-state index in [1.165, 1.54) is 5.56 Å². The van der Waals surface area contributed by atoms with Crippen molar-refractivity contribution in [2.24, 2.45) is 0 Å². The van der Waals surface area contributed by atoms with E-state index < -0.39 is 0 Å². The number of ether oxygens (including phenoxy) is 1. The van der Waals surface area contributed by atoms with Gasteiger partial charge in [-0.3, -0.25) is 4.98 Å². The number of piperidine rings is 1. The van der Waals surface area contributed by atoms with E-state index in [0.717, 1.165) is 84.4 Å². The Hall–Kier alpha value is -3.45. The molecule has 32 heavy (non-hydrogen) atoms. The molecule has 1 unspecified atom stereocenters. The number of aromatic nitrogens is 4. The van der Waals surface area contributed by atoms with Crippen LogP contribution in [0.25, 0.3) is 33.3 Å². The van der Waals surface area contributed by atoms with Crippen LogP contribution in [0.5, 0.6) is 5.88 Å². The van der Waals surface area contributed by atoms with E-state index in [9.17, 15) is 0 Å².